The van der Waals surface area contributed by atoms with E-state index >= 15 is 0 Å². The molecule has 0 aromatic heterocycles. The molecule has 1 N–H and O–H groups in total. The summed E-state index contributed by atoms with van der Waals surface area (Å²) in [7, 11) is 0. The average molecular weight is 243 g/mol. The van der Waals surface area contributed by atoms with E-state index in [1.165, 1.54) is 35.1 Å². The summed E-state index contributed by atoms with van der Waals surface area (Å²) in [5.41, 5.74) is 0. The minimum atomic E-state index is 0.741. The second-order valence-electron chi connectivity index (χ2n) is 4.60. The Morgan fingerprint density at radius 2 is 1.94 bits per heavy atom. The van der Waals surface area contributed by atoms with Crippen molar-refractivity contribution in [2.75, 3.05) is 13.1 Å². The largest absolute Gasteiger partial charge is 0.316 e. The standard InChI is InChI=1S/C15H17NS/c1-2-5-13-10-14(8-7-12(13)4-1)17-15-6-3-9-16-11-15/h1-2,4-5,7-8,10,15-16H,3,6,9,11H2. The Kier molecular flexibility index (Phi) is 3.34. The van der Waals surface area contributed by atoms with Gasteiger partial charge in [0.25, 0.3) is 0 Å². The fourth-order valence-electron chi connectivity index (χ4n) is 2.35. The molecule has 1 saturated heterocycles. The van der Waals surface area contributed by atoms with Gasteiger partial charge in [-0.2, -0.15) is 0 Å². The van der Waals surface area contributed by atoms with Crippen LogP contribution in [0.3, 0.4) is 0 Å². The van der Waals surface area contributed by atoms with Crippen molar-refractivity contribution in [1.82, 2.24) is 5.32 Å². The fourth-order valence-corrected chi connectivity index (χ4v) is 3.57. The number of hydrogen-bond acceptors (Lipinski definition) is 2. The van der Waals surface area contributed by atoms with Gasteiger partial charge in [0.15, 0.2) is 0 Å². The second kappa shape index (κ2) is 5.11. The average Bonchev–Trinajstić information content (AvgIpc) is 2.40. The van der Waals surface area contributed by atoms with Crippen LogP contribution in [0.5, 0.6) is 0 Å². The molecular weight excluding hydrogens is 226 g/mol. The first-order valence-corrected chi connectivity index (χ1v) is 7.16. The summed E-state index contributed by atoms with van der Waals surface area (Å²) >= 11 is 2.02. The van der Waals surface area contributed by atoms with E-state index in [1.807, 2.05) is 11.8 Å². The van der Waals surface area contributed by atoms with Gasteiger partial charge < -0.3 is 5.32 Å². The summed E-state index contributed by atoms with van der Waals surface area (Å²) in [6.07, 6.45) is 2.65. The second-order valence-corrected chi connectivity index (χ2v) is 5.97. The third-order valence-electron chi connectivity index (χ3n) is 3.28. The molecule has 1 aliphatic heterocycles. The van der Waals surface area contributed by atoms with Crippen molar-refractivity contribution in [3.05, 3.63) is 42.5 Å². The molecule has 2 aromatic rings. The summed E-state index contributed by atoms with van der Waals surface area (Å²) in [6, 6.07) is 15.4. The van der Waals surface area contributed by atoms with Crippen LogP contribution in [-0.2, 0) is 0 Å². The van der Waals surface area contributed by atoms with Crippen molar-refractivity contribution >= 4 is 22.5 Å². The van der Waals surface area contributed by atoms with Crippen molar-refractivity contribution in [3.8, 4) is 0 Å². The SMILES string of the molecule is c1ccc2cc(SC3CCCNC3)ccc2c1. The van der Waals surface area contributed by atoms with Gasteiger partial charge in [0.1, 0.15) is 0 Å². The lowest BCUT2D eigenvalue weighted by molar-refractivity contribution is 0.531. The van der Waals surface area contributed by atoms with Gasteiger partial charge in [-0.25, -0.2) is 0 Å². The molecule has 0 spiro atoms. The number of hydrogen-bond donors (Lipinski definition) is 1. The van der Waals surface area contributed by atoms with Crippen LogP contribution < -0.4 is 5.32 Å². The maximum absolute atomic E-state index is 3.47. The van der Waals surface area contributed by atoms with Gasteiger partial charge in [-0.05, 0) is 42.3 Å². The molecule has 1 atom stereocenters. The third-order valence-corrected chi connectivity index (χ3v) is 4.54. The first-order valence-electron chi connectivity index (χ1n) is 6.28. The Morgan fingerprint density at radius 3 is 2.76 bits per heavy atom. The lowest BCUT2D eigenvalue weighted by Crippen LogP contribution is -2.31. The van der Waals surface area contributed by atoms with Crippen LogP contribution in [-0.4, -0.2) is 18.3 Å². The van der Waals surface area contributed by atoms with Crippen molar-refractivity contribution < 1.29 is 0 Å². The van der Waals surface area contributed by atoms with Crippen molar-refractivity contribution in [2.45, 2.75) is 23.0 Å². The fraction of sp³-hybridized carbons (Fsp3) is 0.333. The zero-order valence-corrected chi connectivity index (χ0v) is 10.7. The van der Waals surface area contributed by atoms with E-state index in [9.17, 15) is 0 Å². The van der Waals surface area contributed by atoms with Crippen molar-refractivity contribution in [2.24, 2.45) is 0 Å². The third kappa shape index (κ3) is 2.64. The van der Waals surface area contributed by atoms with Crippen LogP contribution in [0.1, 0.15) is 12.8 Å². The molecule has 1 heterocycles. The molecule has 88 valence electrons. The minimum absolute atomic E-state index is 0.741. The topological polar surface area (TPSA) is 12.0 Å². The molecule has 1 fully saturated rings. The van der Waals surface area contributed by atoms with Gasteiger partial charge in [0, 0.05) is 16.7 Å². The highest BCUT2D eigenvalue weighted by atomic mass is 32.2. The lowest BCUT2D eigenvalue weighted by Gasteiger charge is -2.22. The smallest absolute Gasteiger partial charge is 0.0220 e. The predicted octanol–water partition coefficient (Wildman–Crippen LogP) is 3.68. The molecule has 0 bridgehead atoms. The molecular formula is C15H17NS. The van der Waals surface area contributed by atoms with Crippen molar-refractivity contribution in [1.29, 1.82) is 0 Å². The van der Waals surface area contributed by atoms with E-state index in [-0.39, 0.29) is 0 Å². The Labute approximate surface area is 107 Å². The summed E-state index contributed by atoms with van der Waals surface area (Å²) in [4.78, 5) is 1.40. The minimum Gasteiger partial charge on any atom is -0.316 e. The van der Waals surface area contributed by atoms with Crippen LogP contribution in [0.25, 0.3) is 10.8 Å². The van der Waals surface area contributed by atoms with Gasteiger partial charge in [-0.15, -0.1) is 11.8 Å². The van der Waals surface area contributed by atoms with E-state index in [4.69, 9.17) is 0 Å². The van der Waals surface area contributed by atoms with E-state index in [1.54, 1.807) is 0 Å². The maximum atomic E-state index is 3.47. The predicted molar refractivity (Wildman–Crippen MR) is 75.7 cm³/mol. The Morgan fingerprint density at radius 1 is 1.06 bits per heavy atom. The van der Waals surface area contributed by atoms with Gasteiger partial charge in [-0.3, -0.25) is 0 Å². The van der Waals surface area contributed by atoms with E-state index in [2.05, 4.69) is 47.8 Å². The number of thioether (sulfide) groups is 1. The monoisotopic (exact) mass is 243 g/mol. The summed E-state index contributed by atoms with van der Waals surface area (Å²) in [6.45, 7) is 2.34. The highest BCUT2D eigenvalue weighted by molar-refractivity contribution is 8.00. The van der Waals surface area contributed by atoms with Gasteiger partial charge in [0.2, 0.25) is 0 Å². The van der Waals surface area contributed by atoms with Crippen LogP contribution in [0.15, 0.2) is 47.4 Å². The molecule has 2 heteroatoms. The molecule has 0 amide bonds. The number of piperidine rings is 1. The lowest BCUT2D eigenvalue weighted by atomic mass is 10.1. The summed E-state index contributed by atoms with van der Waals surface area (Å²) in [5.74, 6) is 0. The molecule has 1 nitrogen and oxygen atoms in total. The molecule has 2 aromatic carbocycles. The summed E-state index contributed by atoms with van der Waals surface area (Å²) < 4.78 is 0. The molecule has 1 unspecified atom stereocenters. The number of nitrogens with one attached hydrogen (secondary N) is 1. The van der Waals surface area contributed by atoms with Gasteiger partial charge in [0.05, 0.1) is 0 Å². The first kappa shape index (κ1) is 11.1. The van der Waals surface area contributed by atoms with Crippen LogP contribution in [0.4, 0.5) is 0 Å². The molecule has 3 rings (SSSR count). The summed E-state index contributed by atoms with van der Waals surface area (Å²) in [5, 5.41) is 6.89. The Bertz CT molecular complexity index is 503. The number of rotatable bonds is 2. The maximum Gasteiger partial charge on any atom is 0.0220 e. The van der Waals surface area contributed by atoms with Gasteiger partial charge >= 0.3 is 0 Å². The molecule has 0 aliphatic carbocycles. The normalized spacial score (nSPS) is 20.6. The van der Waals surface area contributed by atoms with E-state index in [0.717, 1.165) is 11.8 Å². The molecule has 1 aliphatic rings. The van der Waals surface area contributed by atoms with Gasteiger partial charge in [-0.1, -0.05) is 30.3 Å². The molecule has 0 radical (unpaired) electrons. The Hall–Kier alpha value is -0.990. The van der Waals surface area contributed by atoms with Crippen LogP contribution in [0.2, 0.25) is 0 Å². The van der Waals surface area contributed by atoms with Crippen LogP contribution in [0, 0.1) is 0 Å². The van der Waals surface area contributed by atoms with E-state index in [0.29, 0.717) is 0 Å². The van der Waals surface area contributed by atoms with Crippen LogP contribution >= 0.6 is 11.8 Å². The zero-order chi connectivity index (χ0) is 11.5. The number of benzene rings is 2. The zero-order valence-electron chi connectivity index (χ0n) is 9.86. The van der Waals surface area contributed by atoms with E-state index < -0.39 is 0 Å². The molecule has 17 heavy (non-hydrogen) atoms. The van der Waals surface area contributed by atoms with Crippen molar-refractivity contribution in [3.63, 3.8) is 0 Å². The highest BCUT2D eigenvalue weighted by Crippen LogP contribution is 2.29. The molecule has 0 saturated carbocycles. The first-order chi connectivity index (χ1) is 8.42. The Balaban J connectivity index is 1.80. The highest BCUT2D eigenvalue weighted by Gasteiger charge is 2.13. The quantitative estimate of drug-likeness (QED) is 0.863. The number of fused-ring (bicyclic) bond motifs is 1.